The van der Waals surface area contributed by atoms with Crippen LogP contribution in [0.2, 0.25) is 0 Å². The monoisotopic (exact) mass is 274 g/mol. The number of aliphatic carboxylic acids is 1. The Morgan fingerprint density at radius 3 is 2.63 bits per heavy atom. The first-order chi connectivity index (χ1) is 8.97. The van der Waals surface area contributed by atoms with Gasteiger partial charge in [0.15, 0.2) is 0 Å². The first-order valence-corrected chi connectivity index (χ1v) is 6.49. The molecule has 0 radical (unpaired) electrons. The molecule has 7 heteroatoms. The van der Waals surface area contributed by atoms with Gasteiger partial charge in [0.2, 0.25) is 0 Å². The molecule has 1 rings (SSSR count). The third kappa shape index (κ3) is 4.68. The number of carboxylic acid groups (broad SMARTS) is 1. The van der Waals surface area contributed by atoms with Gasteiger partial charge >= 0.3 is 12.0 Å². The number of carbonyl (C=O) groups excluding carboxylic acids is 1. The van der Waals surface area contributed by atoms with Crippen LogP contribution in [0.5, 0.6) is 0 Å². The van der Waals surface area contributed by atoms with Gasteiger partial charge in [0.25, 0.3) is 0 Å². The van der Waals surface area contributed by atoms with Gasteiger partial charge in [-0.2, -0.15) is 0 Å². The fourth-order valence-electron chi connectivity index (χ4n) is 2.18. The van der Waals surface area contributed by atoms with Crippen LogP contribution in [0.15, 0.2) is 0 Å². The Hall–Kier alpha value is -1.34. The lowest BCUT2D eigenvalue weighted by molar-refractivity contribution is -0.138. The molecular weight excluding hydrogens is 252 g/mol. The Kier molecular flexibility index (Phi) is 6.04. The van der Waals surface area contributed by atoms with Crippen LogP contribution in [0.3, 0.4) is 0 Å². The number of rotatable bonds is 5. The number of urea groups is 1. The molecule has 0 aliphatic carbocycles. The van der Waals surface area contributed by atoms with Gasteiger partial charge in [-0.25, -0.2) is 4.79 Å². The van der Waals surface area contributed by atoms with E-state index in [4.69, 9.17) is 14.9 Å². The molecule has 1 saturated heterocycles. The molecule has 0 saturated carbocycles. The largest absolute Gasteiger partial charge is 0.480 e. The van der Waals surface area contributed by atoms with Crippen LogP contribution >= 0.6 is 0 Å². The summed E-state index contributed by atoms with van der Waals surface area (Å²) in [5, 5.41) is 18.0. The van der Waals surface area contributed by atoms with E-state index in [1.807, 2.05) is 13.8 Å². The second kappa shape index (κ2) is 7.30. The lowest BCUT2D eigenvalue weighted by Crippen LogP contribution is -2.55. The molecule has 7 nitrogen and oxygen atoms in total. The number of morpholine rings is 1. The van der Waals surface area contributed by atoms with Crippen molar-refractivity contribution in [3.05, 3.63) is 0 Å². The molecule has 0 spiro atoms. The summed E-state index contributed by atoms with van der Waals surface area (Å²) in [5.41, 5.74) is 0. The standard InChI is InChI=1S/C12H22N2O5/c1-3-4-13(7-11(16)17)12(18)14-5-9(2)19-10(6-14)8-15/h9-10,15H,3-8H2,1-2H3,(H,16,17). The zero-order chi connectivity index (χ0) is 14.4. The summed E-state index contributed by atoms with van der Waals surface area (Å²) in [6.45, 7) is 4.36. The Morgan fingerprint density at radius 2 is 2.11 bits per heavy atom. The van der Waals surface area contributed by atoms with E-state index in [1.165, 1.54) is 4.90 Å². The van der Waals surface area contributed by atoms with Gasteiger partial charge in [-0.3, -0.25) is 4.79 Å². The number of hydrogen-bond donors (Lipinski definition) is 2. The SMILES string of the molecule is CCCN(CC(=O)O)C(=O)N1CC(C)OC(CO)C1. The van der Waals surface area contributed by atoms with Gasteiger partial charge in [0.1, 0.15) is 6.54 Å². The minimum atomic E-state index is -1.03. The van der Waals surface area contributed by atoms with Crippen molar-refractivity contribution in [2.24, 2.45) is 0 Å². The number of nitrogens with zero attached hydrogens (tertiary/aromatic N) is 2. The molecule has 0 bridgehead atoms. The molecule has 0 aromatic carbocycles. The molecule has 1 aliphatic rings. The molecule has 2 atom stereocenters. The van der Waals surface area contributed by atoms with E-state index < -0.39 is 12.1 Å². The summed E-state index contributed by atoms with van der Waals surface area (Å²) in [6.07, 6.45) is 0.131. The summed E-state index contributed by atoms with van der Waals surface area (Å²) in [7, 11) is 0. The van der Waals surface area contributed by atoms with Crippen LogP contribution in [0, 0.1) is 0 Å². The summed E-state index contributed by atoms with van der Waals surface area (Å²) >= 11 is 0. The van der Waals surface area contributed by atoms with Crippen LogP contribution in [0.1, 0.15) is 20.3 Å². The highest BCUT2D eigenvalue weighted by Crippen LogP contribution is 2.13. The lowest BCUT2D eigenvalue weighted by atomic mass is 10.2. The number of carbonyl (C=O) groups is 2. The normalized spacial score (nSPS) is 23.2. The van der Waals surface area contributed by atoms with Crippen molar-refractivity contribution in [1.29, 1.82) is 0 Å². The van der Waals surface area contributed by atoms with E-state index in [9.17, 15) is 9.59 Å². The first kappa shape index (κ1) is 15.7. The molecule has 2 amide bonds. The van der Waals surface area contributed by atoms with Crippen LogP contribution in [0.25, 0.3) is 0 Å². The van der Waals surface area contributed by atoms with Crippen molar-refractivity contribution in [2.75, 3.05) is 32.8 Å². The van der Waals surface area contributed by atoms with Crippen LogP contribution < -0.4 is 0 Å². The molecule has 0 aromatic rings. The highest BCUT2D eigenvalue weighted by atomic mass is 16.5. The summed E-state index contributed by atoms with van der Waals surface area (Å²) < 4.78 is 5.46. The first-order valence-electron chi connectivity index (χ1n) is 6.49. The Balaban J connectivity index is 2.68. The van der Waals surface area contributed by atoms with E-state index in [-0.39, 0.29) is 25.3 Å². The summed E-state index contributed by atoms with van der Waals surface area (Å²) in [5.74, 6) is -1.03. The molecule has 2 N–H and O–H groups in total. The average molecular weight is 274 g/mol. The van der Waals surface area contributed by atoms with Crippen molar-refractivity contribution in [2.45, 2.75) is 32.5 Å². The van der Waals surface area contributed by atoms with Crippen molar-refractivity contribution in [1.82, 2.24) is 9.80 Å². The topological polar surface area (TPSA) is 90.3 Å². The highest BCUT2D eigenvalue weighted by Gasteiger charge is 2.30. The van der Waals surface area contributed by atoms with Crippen LogP contribution in [-0.4, -0.2) is 77.0 Å². The fourth-order valence-corrected chi connectivity index (χ4v) is 2.18. The summed E-state index contributed by atoms with van der Waals surface area (Å²) in [4.78, 5) is 25.9. The third-order valence-electron chi connectivity index (χ3n) is 2.89. The van der Waals surface area contributed by atoms with Crippen LogP contribution in [-0.2, 0) is 9.53 Å². The van der Waals surface area contributed by atoms with Crippen LogP contribution in [0.4, 0.5) is 4.79 Å². The predicted molar refractivity (Wildman–Crippen MR) is 67.9 cm³/mol. The highest BCUT2D eigenvalue weighted by molar-refractivity contribution is 5.80. The minimum Gasteiger partial charge on any atom is -0.480 e. The van der Waals surface area contributed by atoms with E-state index in [0.717, 1.165) is 0 Å². The number of hydrogen-bond acceptors (Lipinski definition) is 4. The second-order valence-corrected chi connectivity index (χ2v) is 4.75. The maximum atomic E-state index is 12.3. The molecule has 110 valence electrons. The minimum absolute atomic E-state index is 0.152. The van der Waals surface area contributed by atoms with Crippen molar-refractivity contribution in [3.63, 3.8) is 0 Å². The van der Waals surface area contributed by atoms with E-state index in [0.29, 0.717) is 26.1 Å². The van der Waals surface area contributed by atoms with E-state index in [2.05, 4.69) is 0 Å². The van der Waals surface area contributed by atoms with E-state index >= 15 is 0 Å². The van der Waals surface area contributed by atoms with Gasteiger partial charge in [0, 0.05) is 13.1 Å². The molecule has 1 heterocycles. The Labute approximate surface area is 112 Å². The molecule has 19 heavy (non-hydrogen) atoms. The molecule has 1 aliphatic heterocycles. The van der Waals surface area contributed by atoms with Crippen molar-refractivity contribution in [3.8, 4) is 0 Å². The molecular formula is C12H22N2O5. The predicted octanol–water partition coefficient (Wildman–Crippen LogP) is -0.0154. The maximum Gasteiger partial charge on any atom is 0.323 e. The number of aliphatic hydroxyl groups excluding tert-OH is 1. The van der Waals surface area contributed by atoms with Gasteiger partial charge in [-0.1, -0.05) is 6.92 Å². The third-order valence-corrected chi connectivity index (χ3v) is 2.89. The molecule has 0 aromatic heterocycles. The van der Waals surface area contributed by atoms with Gasteiger partial charge in [0.05, 0.1) is 25.4 Å². The maximum absolute atomic E-state index is 12.3. The number of carboxylic acids is 1. The van der Waals surface area contributed by atoms with Crippen molar-refractivity contribution < 1.29 is 24.5 Å². The zero-order valence-corrected chi connectivity index (χ0v) is 11.4. The zero-order valence-electron chi connectivity index (χ0n) is 11.4. The fraction of sp³-hybridized carbons (Fsp3) is 0.833. The smallest absolute Gasteiger partial charge is 0.323 e. The lowest BCUT2D eigenvalue weighted by Gasteiger charge is -2.38. The van der Waals surface area contributed by atoms with E-state index in [1.54, 1.807) is 4.90 Å². The number of aliphatic hydroxyl groups is 1. The quantitative estimate of drug-likeness (QED) is 0.735. The number of amides is 2. The van der Waals surface area contributed by atoms with Gasteiger partial charge in [-0.15, -0.1) is 0 Å². The average Bonchev–Trinajstić information content (AvgIpc) is 2.36. The van der Waals surface area contributed by atoms with Crippen molar-refractivity contribution >= 4 is 12.0 Å². The molecule has 1 fully saturated rings. The Morgan fingerprint density at radius 1 is 1.42 bits per heavy atom. The summed E-state index contributed by atoms with van der Waals surface area (Å²) in [6, 6.07) is -0.308. The van der Waals surface area contributed by atoms with Gasteiger partial charge in [-0.05, 0) is 13.3 Å². The molecule has 2 unspecified atom stereocenters. The van der Waals surface area contributed by atoms with Gasteiger partial charge < -0.3 is 24.7 Å². The second-order valence-electron chi connectivity index (χ2n) is 4.75. The Bertz CT molecular complexity index is 323. The number of ether oxygens (including phenoxy) is 1.